The summed E-state index contributed by atoms with van der Waals surface area (Å²) in [6, 6.07) is 5.06. The first kappa shape index (κ1) is 14.0. The van der Waals surface area contributed by atoms with E-state index in [1.165, 1.54) is 0 Å². The summed E-state index contributed by atoms with van der Waals surface area (Å²) in [5, 5.41) is 3.19. The van der Waals surface area contributed by atoms with Crippen LogP contribution in [0.4, 0.5) is 0 Å². The van der Waals surface area contributed by atoms with Crippen molar-refractivity contribution in [3.63, 3.8) is 0 Å². The summed E-state index contributed by atoms with van der Waals surface area (Å²) in [4.78, 5) is 0.328. The summed E-state index contributed by atoms with van der Waals surface area (Å²) in [6.07, 6.45) is 1.90. The third-order valence-electron chi connectivity index (χ3n) is 3.06. The molecular weight excluding hydrogens is 316 g/mol. The van der Waals surface area contributed by atoms with Crippen molar-refractivity contribution < 1.29 is 8.42 Å². The molecule has 0 unspecified atom stereocenters. The fourth-order valence-corrected chi connectivity index (χ4v) is 3.63. The zero-order valence-corrected chi connectivity index (χ0v) is 12.6. The molecule has 1 aliphatic rings. The van der Waals surface area contributed by atoms with Gasteiger partial charge < -0.3 is 5.32 Å². The van der Waals surface area contributed by atoms with E-state index in [0.29, 0.717) is 11.4 Å². The van der Waals surface area contributed by atoms with Gasteiger partial charge >= 0.3 is 0 Å². The third-order valence-corrected chi connectivity index (χ3v) is 5.47. The van der Waals surface area contributed by atoms with Crippen LogP contribution in [0.3, 0.4) is 0 Å². The number of halogens is 1. The van der Waals surface area contributed by atoms with Crippen LogP contribution in [0.2, 0.25) is 0 Å². The SMILES string of the molecule is Cc1cc(S(=O)(=O)N[C@H]2CCCNC2)ccc1Br. The molecule has 18 heavy (non-hydrogen) atoms. The van der Waals surface area contributed by atoms with Gasteiger partial charge in [-0.15, -0.1) is 0 Å². The van der Waals surface area contributed by atoms with Gasteiger partial charge in [-0.25, -0.2) is 13.1 Å². The van der Waals surface area contributed by atoms with Crippen LogP contribution >= 0.6 is 15.9 Å². The molecule has 0 radical (unpaired) electrons. The van der Waals surface area contributed by atoms with Crippen LogP contribution in [0.15, 0.2) is 27.6 Å². The van der Waals surface area contributed by atoms with Gasteiger partial charge in [-0.1, -0.05) is 15.9 Å². The first-order valence-electron chi connectivity index (χ1n) is 5.98. The molecular formula is C12H17BrN2O2S. The fraction of sp³-hybridized carbons (Fsp3) is 0.500. The molecule has 0 aromatic heterocycles. The molecule has 4 nitrogen and oxygen atoms in total. The van der Waals surface area contributed by atoms with Crippen molar-refractivity contribution in [1.29, 1.82) is 0 Å². The van der Waals surface area contributed by atoms with Crippen LogP contribution < -0.4 is 10.0 Å². The normalized spacial score (nSPS) is 20.9. The molecule has 0 bridgehead atoms. The molecule has 0 saturated carbocycles. The Balaban J connectivity index is 2.16. The summed E-state index contributed by atoms with van der Waals surface area (Å²) < 4.78 is 28.1. The Morgan fingerprint density at radius 1 is 1.44 bits per heavy atom. The number of sulfonamides is 1. The molecule has 1 aromatic rings. The lowest BCUT2D eigenvalue weighted by atomic mass is 10.1. The molecule has 2 N–H and O–H groups in total. The van der Waals surface area contributed by atoms with E-state index in [0.717, 1.165) is 29.4 Å². The van der Waals surface area contributed by atoms with E-state index in [-0.39, 0.29) is 6.04 Å². The molecule has 0 amide bonds. The van der Waals surface area contributed by atoms with Crippen LogP contribution in [0, 0.1) is 6.92 Å². The number of piperidine rings is 1. The van der Waals surface area contributed by atoms with Crippen molar-refractivity contribution in [1.82, 2.24) is 10.0 Å². The maximum Gasteiger partial charge on any atom is 0.240 e. The second kappa shape index (κ2) is 5.69. The second-order valence-electron chi connectivity index (χ2n) is 4.58. The molecule has 1 heterocycles. The van der Waals surface area contributed by atoms with Gasteiger partial charge in [-0.2, -0.15) is 0 Å². The lowest BCUT2D eigenvalue weighted by molar-refractivity contribution is 0.428. The van der Waals surface area contributed by atoms with Gasteiger partial charge in [0.1, 0.15) is 0 Å². The van der Waals surface area contributed by atoms with E-state index in [4.69, 9.17) is 0 Å². The number of rotatable bonds is 3. The number of aryl methyl sites for hydroxylation is 1. The Kier molecular flexibility index (Phi) is 4.42. The standard InChI is InChI=1S/C12H17BrN2O2S/c1-9-7-11(4-5-12(9)13)18(16,17)15-10-3-2-6-14-8-10/h4-5,7,10,14-15H,2-3,6,8H2,1H3/t10-/m0/s1. The number of hydrogen-bond acceptors (Lipinski definition) is 3. The zero-order valence-electron chi connectivity index (χ0n) is 10.2. The van der Waals surface area contributed by atoms with Crippen molar-refractivity contribution in [2.45, 2.75) is 30.7 Å². The number of benzene rings is 1. The second-order valence-corrected chi connectivity index (χ2v) is 7.14. The van der Waals surface area contributed by atoms with Gasteiger partial charge in [0.05, 0.1) is 4.90 Å². The Morgan fingerprint density at radius 3 is 2.83 bits per heavy atom. The maximum absolute atomic E-state index is 12.2. The maximum atomic E-state index is 12.2. The highest BCUT2D eigenvalue weighted by atomic mass is 79.9. The van der Waals surface area contributed by atoms with Crippen LogP contribution in [-0.2, 0) is 10.0 Å². The van der Waals surface area contributed by atoms with Gasteiger partial charge in [0, 0.05) is 17.1 Å². The minimum absolute atomic E-state index is 0.00676. The minimum Gasteiger partial charge on any atom is -0.315 e. The Hall–Kier alpha value is -0.430. The average Bonchev–Trinajstić information content (AvgIpc) is 2.33. The van der Waals surface area contributed by atoms with E-state index >= 15 is 0 Å². The van der Waals surface area contributed by atoms with E-state index in [9.17, 15) is 8.42 Å². The third kappa shape index (κ3) is 3.32. The first-order chi connectivity index (χ1) is 8.49. The van der Waals surface area contributed by atoms with Crippen LogP contribution in [0.25, 0.3) is 0 Å². The van der Waals surface area contributed by atoms with Crippen molar-refractivity contribution in [3.8, 4) is 0 Å². The summed E-state index contributed by atoms with van der Waals surface area (Å²) in [5.41, 5.74) is 0.916. The minimum atomic E-state index is -3.41. The summed E-state index contributed by atoms with van der Waals surface area (Å²) in [7, 11) is -3.41. The Labute approximate surface area is 116 Å². The van der Waals surface area contributed by atoms with Gasteiger partial charge in [0.2, 0.25) is 10.0 Å². The Morgan fingerprint density at radius 2 is 2.22 bits per heavy atom. The molecule has 0 aliphatic carbocycles. The lowest BCUT2D eigenvalue weighted by Crippen LogP contribution is -2.45. The molecule has 1 saturated heterocycles. The number of nitrogens with one attached hydrogen (secondary N) is 2. The smallest absolute Gasteiger partial charge is 0.240 e. The molecule has 0 spiro atoms. The van der Waals surface area contributed by atoms with E-state index in [2.05, 4.69) is 26.0 Å². The highest BCUT2D eigenvalue weighted by Crippen LogP contribution is 2.20. The predicted molar refractivity (Wildman–Crippen MR) is 75.1 cm³/mol. The molecule has 100 valence electrons. The van der Waals surface area contributed by atoms with Crippen molar-refractivity contribution >= 4 is 26.0 Å². The zero-order chi connectivity index (χ0) is 13.2. The van der Waals surface area contributed by atoms with Crippen molar-refractivity contribution in [3.05, 3.63) is 28.2 Å². The van der Waals surface area contributed by atoms with E-state index < -0.39 is 10.0 Å². The Bertz CT molecular complexity index is 525. The highest BCUT2D eigenvalue weighted by Gasteiger charge is 2.21. The quantitative estimate of drug-likeness (QED) is 0.887. The molecule has 6 heteroatoms. The first-order valence-corrected chi connectivity index (χ1v) is 8.26. The van der Waals surface area contributed by atoms with Crippen LogP contribution in [0.5, 0.6) is 0 Å². The van der Waals surface area contributed by atoms with E-state index in [1.807, 2.05) is 6.92 Å². The van der Waals surface area contributed by atoms with Crippen LogP contribution in [0.1, 0.15) is 18.4 Å². The average molecular weight is 333 g/mol. The fourth-order valence-electron chi connectivity index (χ4n) is 2.02. The highest BCUT2D eigenvalue weighted by molar-refractivity contribution is 9.10. The summed E-state index contributed by atoms with van der Waals surface area (Å²) in [6.45, 7) is 3.55. The largest absolute Gasteiger partial charge is 0.315 e. The van der Waals surface area contributed by atoms with Gasteiger partial charge in [0.25, 0.3) is 0 Å². The van der Waals surface area contributed by atoms with Gasteiger partial charge in [-0.3, -0.25) is 0 Å². The molecule has 1 aliphatic heterocycles. The van der Waals surface area contributed by atoms with Crippen molar-refractivity contribution in [2.75, 3.05) is 13.1 Å². The molecule has 1 aromatic carbocycles. The predicted octanol–water partition coefficient (Wildman–Crippen LogP) is 1.79. The van der Waals surface area contributed by atoms with Gasteiger partial charge in [0.15, 0.2) is 0 Å². The topological polar surface area (TPSA) is 58.2 Å². The number of hydrogen-bond donors (Lipinski definition) is 2. The molecule has 1 atom stereocenters. The molecule has 1 fully saturated rings. The summed E-state index contributed by atoms with van der Waals surface area (Å²) >= 11 is 3.37. The summed E-state index contributed by atoms with van der Waals surface area (Å²) in [5.74, 6) is 0. The van der Waals surface area contributed by atoms with Gasteiger partial charge in [-0.05, 0) is 50.1 Å². The van der Waals surface area contributed by atoms with E-state index in [1.54, 1.807) is 18.2 Å². The van der Waals surface area contributed by atoms with Crippen molar-refractivity contribution in [2.24, 2.45) is 0 Å². The monoisotopic (exact) mass is 332 g/mol. The lowest BCUT2D eigenvalue weighted by Gasteiger charge is -2.23. The van der Waals surface area contributed by atoms with Crippen LogP contribution in [-0.4, -0.2) is 27.5 Å². The molecule has 2 rings (SSSR count).